The molecule has 0 spiro atoms. The summed E-state index contributed by atoms with van der Waals surface area (Å²) in [5.74, 6) is 0.385. The average Bonchev–Trinajstić information content (AvgIpc) is 2.94. The Morgan fingerprint density at radius 1 is 1.11 bits per heavy atom. The number of nitrogens with zero attached hydrogens (tertiary/aromatic N) is 1. The van der Waals surface area contributed by atoms with Crippen molar-refractivity contribution < 1.29 is 4.39 Å². The lowest BCUT2D eigenvalue weighted by molar-refractivity contribution is 0.160. The van der Waals surface area contributed by atoms with E-state index in [1.54, 1.807) is 12.1 Å². The van der Waals surface area contributed by atoms with Crippen LogP contribution in [0.15, 0.2) is 24.3 Å². The Balaban J connectivity index is 1.61. The fourth-order valence-electron chi connectivity index (χ4n) is 3.33. The summed E-state index contributed by atoms with van der Waals surface area (Å²) < 4.78 is 13.7. The normalized spacial score (nSPS) is 26.6. The zero-order valence-corrected chi connectivity index (χ0v) is 10.7. The predicted molar refractivity (Wildman–Crippen MR) is 71.2 cm³/mol. The fourth-order valence-corrected chi connectivity index (χ4v) is 3.33. The zero-order valence-electron chi connectivity index (χ0n) is 10.7. The van der Waals surface area contributed by atoms with E-state index in [1.165, 1.54) is 6.42 Å². The smallest absolute Gasteiger partial charge is 0.126 e. The van der Waals surface area contributed by atoms with Crippen LogP contribution in [0, 0.1) is 5.82 Å². The molecule has 0 bridgehead atoms. The molecule has 0 aliphatic carbocycles. The third-order valence-corrected chi connectivity index (χ3v) is 4.43. The van der Waals surface area contributed by atoms with Crippen LogP contribution in [0.3, 0.4) is 0 Å². The Kier molecular flexibility index (Phi) is 3.62. The molecule has 1 aromatic rings. The van der Waals surface area contributed by atoms with Gasteiger partial charge in [0.25, 0.3) is 0 Å². The van der Waals surface area contributed by atoms with Gasteiger partial charge in [0, 0.05) is 12.6 Å². The van der Waals surface area contributed by atoms with Crippen LogP contribution in [0.1, 0.15) is 30.7 Å². The van der Waals surface area contributed by atoms with Gasteiger partial charge in [-0.1, -0.05) is 18.2 Å². The second-order valence-electron chi connectivity index (χ2n) is 5.48. The Labute approximate surface area is 108 Å². The third-order valence-electron chi connectivity index (χ3n) is 4.43. The Bertz CT molecular complexity index is 393. The topological polar surface area (TPSA) is 15.3 Å². The van der Waals surface area contributed by atoms with Crippen LogP contribution in [-0.4, -0.2) is 37.1 Å². The van der Waals surface area contributed by atoms with Crippen molar-refractivity contribution in [3.8, 4) is 0 Å². The molecule has 0 radical (unpaired) electrons. The van der Waals surface area contributed by atoms with Crippen LogP contribution in [0.5, 0.6) is 0 Å². The van der Waals surface area contributed by atoms with Crippen LogP contribution in [0.25, 0.3) is 0 Å². The molecule has 1 unspecified atom stereocenters. The quantitative estimate of drug-likeness (QED) is 0.864. The number of halogens is 1. The molecule has 2 saturated heterocycles. The van der Waals surface area contributed by atoms with Crippen LogP contribution < -0.4 is 5.32 Å². The molecule has 3 heteroatoms. The molecule has 1 aromatic carbocycles. The van der Waals surface area contributed by atoms with E-state index in [1.807, 2.05) is 12.1 Å². The van der Waals surface area contributed by atoms with Gasteiger partial charge in [-0.15, -0.1) is 0 Å². The zero-order chi connectivity index (χ0) is 12.4. The second kappa shape index (κ2) is 5.37. The maximum absolute atomic E-state index is 13.7. The largest absolute Gasteiger partial charge is 0.315 e. The lowest BCUT2D eigenvalue weighted by Crippen LogP contribution is -2.42. The van der Waals surface area contributed by atoms with E-state index in [0.29, 0.717) is 12.0 Å². The summed E-state index contributed by atoms with van der Waals surface area (Å²) in [6.45, 7) is 4.51. The highest BCUT2D eigenvalue weighted by atomic mass is 19.1. The van der Waals surface area contributed by atoms with Crippen molar-refractivity contribution in [3.63, 3.8) is 0 Å². The maximum atomic E-state index is 13.7. The van der Waals surface area contributed by atoms with Gasteiger partial charge in [0.2, 0.25) is 0 Å². The summed E-state index contributed by atoms with van der Waals surface area (Å²) in [5.41, 5.74) is 0.918. The van der Waals surface area contributed by atoms with E-state index in [9.17, 15) is 4.39 Å². The van der Waals surface area contributed by atoms with Gasteiger partial charge in [-0.25, -0.2) is 4.39 Å². The van der Waals surface area contributed by atoms with Crippen molar-refractivity contribution in [2.24, 2.45) is 0 Å². The van der Waals surface area contributed by atoms with E-state index in [2.05, 4.69) is 10.2 Å². The Hall–Kier alpha value is -0.930. The van der Waals surface area contributed by atoms with Crippen molar-refractivity contribution in [1.29, 1.82) is 0 Å². The van der Waals surface area contributed by atoms with Crippen molar-refractivity contribution >= 4 is 0 Å². The fraction of sp³-hybridized carbons (Fsp3) is 0.600. The molecule has 0 saturated carbocycles. The predicted octanol–water partition coefficient (Wildman–Crippen LogP) is 2.37. The summed E-state index contributed by atoms with van der Waals surface area (Å²) in [5, 5.41) is 3.42. The first-order valence-electron chi connectivity index (χ1n) is 7.04. The number of hydrogen-bond donors (Lipinski definition) is 1. The van der Waals surface area contributed by atoms with E-state index < -0.39 is 0 Å². The summed E-state index contributed by atoms with van der Waals surface area (Å²) in [6.07, 6.45) is 3.46. The standard InChI is InChI=1S/C15H21FN2/c16-15-4-2-1-3-14(15)12-6-9-18(10-7-12)13-5-8-17-11-13/h1-4,12-13,17H,5-11H2. The number of piperidine rings is 1. The van der Waals surface area contributed by atoms with Crippen molar-refractivity contribution in [3.05, 3.63) is 35.6 Å². The molecule has 2 fully saturated rings. The molecule has 1 atom stereocenters. The highest BCUT2D eigenvalue weighted by Crippen LogP contribution is 2.30. The van der Waals surface area contributed by atoms with Crippen molar-refractivity contribution in [2.75, 3.05) is 26.2 Å². The van der Waals surface area contributed by atoms with Gasteiger partial charge in [0.1, 0.15) is 5.82 Å². The van der Waals surface area contributed by atoms with Gasteiger partial charge < -0.3 is 5.32 Å². The van der Waals surface area contributed by atoms with Crippen molar-refractivity contribution in [1.82, 2.24) is 10.2 Å². The molecule has 2 aliphatic heterocycles. The number of hydrogen-bond acceptors (Lipinski definition) is 2. The molecule has 0 aromatic heterocycles. The number of rotatable bonds is 2. The molecule has 18 heavy (non-hydrogen) atoms. The molecular formula is C15H21FN2. The third kappa shape index (κ3) is 2.43. The Morgan fingerprint density at radius 2 is 1.89 bits per heavy atom. The van der Waals surface area contributed by atoms with Crippen molar-refractivity contribution in [2.45, 2.75) is 31.2 Å². The minimum atomic E-state index is -0.0292. The molecule has 0 amide bonds. The average molecular weight is 248 g/mol. The van der Waals surface area contributed by atoms with Gasteiger partial charge in [-0.3, -0.25) is 4.90 Å². The number of likely N-dealkylation sites (tertiary alicyclic amines) is 1. The van der Waals surface area contributed by atoms with Crippen LogP contribution in [0.2, 0.25) is 0 Å². The summed E-state index contributed by atoms with van der Waals surface area (Å²) >= 11 is 0. The molecule has 2 nitrogen and oxygen atoms in total. The maximum Gasteiger partial charge on any atom is 0.126 e. The molecule has 2 heterocycles. The van der Waals surface area contributed by atoms with Gasteiger partial charge in [-0.2, -0.15) is 0 Å². The first kappa shape index (κ1) is 12.1. The van der Waals surface area contributed by atoms with Crippen LogP contribution in [0.4, 0.5) is 4.39 Å². The van der Waals surface area contributed by atoms with Crippen LogP contribution in [-0.2, 0) is 0 Å². The van der Waals surface area contributed by atoms with Gasteiger partial charge in [0.15, 0.2) is 0 Å². The highest BCUT2D eigenvalue weighted by molar-refractivity contribution is 5.22. The molecule has 3 rings (SSSR count). The molecule has 1 N–H and O–H groups in total. The van der Waals surface area contributed by atoms with E-state index in [0.717, 1.165) is 44.6 Å². The monoisotopic (exact) mass is 248 g/mol. The second-order valence-corrected chi connectivity index (χ2v) is 5.48. The van der Waals surface area contributed by atoms with Crippen LogP contribution >= 0.6 is 0 Å². The molecular weight excluding hydrogens is 227 g/mol. The molecule has 2 aliphatic rings. The van der Waals surface area contributed by atoms with E-state index >= 15 is 0 Å². The minimum absolute atomic E-state index is 0.0292. The Morgan fingerprint density at radius 3 is 2.56 bits per heavy atom. The SMILES string of the molecule is Fc1ccccc1C1CCN(C2CCNC2)CC1. The number of nitrogens with one attached hydrogen (secondary N) is 1. The first-order chi connectivity index (χ1) is 8.84. The van der Waals surface area contributed by atoms with Gasteiger partial charge >= 0.3 is 0 Å². The lowest BCUT2D eigenvalue weighted by Gasteiger charge is -2.35. The van der Waals surface area contributed by atoms with Gasteiger partial charge in [0.05, 0.1) is 0 Å². The minimum Gasteiger partial charge on any atom is -0.315 e. The summed E-state index contributed by atoms with van der Waals surface area (Å²) in [4.78, 5) is 2.58. The molecule has 98 valence electrons. The lowest BCUT2D eigenvalue weighted by atomic mass is 9.88. The highest BCUT2D eigenvalue weighted by Gasteiger charge is 2.28. The summed E-state index contributed by atoms with van der Waals surface area (Å²) in [7, 11) is 0. The van der Waals surface area contributed by atoms with E-state index in [4.69, 9.17) is 0 Å². The van der Waals surface area contributed by atoms with Gasteiger partial charge in [-0.05, 0) is 56.4 Å². The van der Waals surface area contributed by atoms with E-state index in [-0.39, 0.29) is 5.82 Å². The summed E-state index contributed by atoms with van der Waals surface area (Å²) in [6, 6.07) is 7.98. The first-order valence-corrected chi connectivity index (χ1v) is 7.04. The number of benzene rings is 1.